The van der Waals surface area contributed by atoms with E-state index in [0.717, 1.165) is 50.1 Å². The zero-order valence-corrected chi connectivity index (χ0v) is 18.7. The minimum Gasteiger partial charge on any atom is -0.497 e. The van der Waals surface area contributed by atoms with Gasteiger partial charge in [-0.3, -0.25) is 4.79 Å². The molecule has 5 aromatic rings. The van der Waals surface area contributed by atoms with Crippen molar-refractivity contribution in [3.05, 3.63) is 96.2 Å². The average molecular weight is 449 g/mol. The van der Waals surface area contributed by atoms with Gasteiger partial charge in [0.05, 0.1) is 30.6 Å². The number of fused-ring (bicyclic) bond motifs is 3. The molecular weight excluding hydrogens is 424 g/mol. The van der Waals surface area contributed by atoms with Gasteiger partial charge in [0.15, 0.2) is 0 Å². The first-order valence-corrected chi connectivity index (χ1v) is 11.0. The van der Waals surface area contributed by atoms with Gasteiger partial charge in [0.1, 0.15) is 5.75 Å². The molecule has 0 aliphatic carbocycles. The zero-order chi connectivity index (χ0) is 23.5. The number of H-pyrrole nitrogens is 1. The van der Waals surface area contributed by atoms with Crippen molar-refractivity contribution in [1.29, 1.82) is 0 Å². The molecule has 0 aliphatic heterocycles. The van der Waals surface area contributed by atoms with E-state index in [9.17, 15) is 4.79 Å². The molecule has 0 aliphatic rings. The van der Waals surface area contributed by atoms with E-state index < -0.39 is 0 Å². The highest BCUT2D eigenvalue weighted by Gasteiger charge is 2.14. The van der Waals surface area contributed by atoms with Crippen molar-refractivity contribution in [3.8, 4) is 17.0 Å². The van der Waals surface area contributed by atoms with Crippen LogP contribution in [0.25, 0.3) is 39.1 Å². The molecule has 34 heavy (non-hydrogen) atoms. The Balaban J connectivity index is 1.46. The average Bonchev–Trinajstić information content (AvgIpc) is 3.25. The number of hydrogen-bond donors (Lipinski definition) is 3. The summed E-state index contributed by atoms with van der Waals surface area (Å²) in [7, 11) is 1.65. The largest absolute Gasteiger partial charge is 0.497 e. The van der Waals surface area contributed by atoms with E-state index in [0.29, 0.717) is 12.2 Å². The number of aromatic amines is 1. The number of nitrogens with two attached hydrogens (primary N) is 1. The third-order valence-electron chi connectivity index (χ3n) is 5.72. The summed E-state index contributed by atoms with van der Waals surface area (Å²) in [5, 5.41) is 5.12. The molecular formula is C28H24N4O2. The van der Waals surface area contributed by atoms with Gasteiger partial charge < -0.3 is 20.8 Å². The Labute approximate surface area is 197 Å². The highest BCUT2D eigenvalue weighted by molar-refractivity contribution is 6.11. The van der Waals surface area contributed by atoms with Crippen molar-refractivity contribution in [1.82, 2.24) is 15.3 Å². The standard InChI is InChI=1S/C28H24N4O2/c1-34-22-13-9-19(10-14-22)27-28-24(23-4-2-3-5-25(23)32-28)16-21(31-27)17-30-26(33)15-8-18-6-11-20(29)12-7-18/h2-16,32H,17,29H2,1H3,(H,30,33)/b15-8+. The van der Waals surface area contributed by atoms with E-state index in [1.807, 2.05) is 54.6 Å². The van der Waals surface area contributed by atoms with Gasteiger partial charge in [0.2, 0.25) is 5.91 Å². The lowest BCUT2D eigenvalue weighted by Crippen LogP contribution is -2.21. The van der Waals surface area contributed by atoms with Gasteiger partial charge in [-0.2, -0.15) is 0 Å². The molecule has 0 spiro atoms. The Morgan fingerprint density at radius 3 is 2.56 bits per heavy atom. The van der Waals surface area contributed by atoms with E-state index in [4.69, 9.17) is 15.5 Å². The highest BCUT2D eigenvalue weighted by atomic mass is 16.5. The van der Waals surface area contributed by atoms with Crippen LogP contribution in [-0.2, 0) is 11.3 Å². The summed E-state index contributed by atoms with van der Waals surface area (Å²) in [5.41, 5.74) is 11.9. The van der Waals surface area contributed by atoms with Crippen molar-refractivity contribution in [2.45, 2.75) is 6.54 Å². The van der Waals surface area contributed by atoms with E-state index in [-0.39, 0.29) is 5.91 Å². The molecule has 0 fully saturated rings. The number of aromatic nitrogens is 2. The Morgan fingerprint density at radius 2 is 1.79 bits per heavy atom. The number of benzene rings is 3. The fourth-order valence-electron chi connectivity index (χ4n) is 3.96. The van der Waals surface area contributed by atoms with Crippen LogP contribution in [0.5, 0.6) is 5.75 Å². The molecule has 0 radical (unpaired) electrons. The summed E-state index contributed by atoms with van der Waals surface area (Å²) in [6.45, 7) is 0.309. The molecule has 0 unspecified atom stereocenters. The van der Waals surface area contributed by atoms with Gasteiger partial charge in [0, 0.05) is 33.6 Å². The fraction of sp³-hybridized carbons (Fsp3) is 0.0714. The van der Waals surface area contributed by atoms with E-state index in [2.05, 4.69) is 22.4 Å². The summed E-state index contributed by atoms with van der Waals surface area (Å²) < 4.78 is 5.30. The first kappa shape index (κ1) is 21.3. The number of para-hydroxylation sites is 1. The Kier molecular flexibility index (Phi) is 5.70. The van der Waals surface area contributed by atoms with Gasteiger partial charge in [-0.15, -0.1) is 0 Å². The van der Waals surface area contributed by atoms with Crippen molar-refractivity contribution >= 4 is 39.5 Å². The van der Waals surface area contributed by atoms with Gasteiger partial charge in [-0.25, -0.2) is 4.98 Å². The summed E-state index contributed by atoms with van der Waals surface area (Å²) in [4.78, 5) is 20.8. The topological polar surface area (TPSA) is 93.0 Å². The molecule has 1 amide bonds. The molecule has 168 valence electrons. The number of hydrogen-bond acceptors (Lipinski definition) is 4. The number of nitrogen functional groups attached to an aromatic ring is 1. The number of carbonyl (C=O) groups is 1. The molecule has 0 saturated carbocycles. The number of amides is 1. The highest BCUT2D eigenvalue weighted by Crippen LogP contribution is 2.33. The van der Waals surface area contributed by atoms with E-state index >= 15 is 0 Å². The maximum absolute atomic E-state index is 12.4. The third-order valence-corrected chi connectivity index (χ3v) is 5.72. The van der Waals surface area contributed by atoms with Crippen molar-refractivity contribution < 1.29 is 9.53 Å². The second-order valence-electron chi connectivity index (χ2n) is 8.00. The normalized spacial score (nSPS) is 11.3. The quantitative estimate of drug-likeness (QED) is 0.243. The van der Waals surface area contributed by atoms with Crippen LogP contribution in [0.15, 0.2) is 84.9 Å². The molecule has 3 aromatic carbocycles. The number of nitrogens with zero attached hydrogens (tertiary/aromatic N) is 1. The maximum Gasteiger partial charge on any atom is 0.244 e. The Bertz CT molecular complexity index is 1500. The van der Waals surface area contributed by atoms with E-state index in [1.165, 1.54) is 6.08 Å². The molecule has 0 bridgehead atoms. The minimum atomic E-state index is -0.191. The molecule has 4 N–H and O–H groups in total. The lowest BCUT2D eigenvalue weighted by molar-refractivity contribution is -0.116. The minimum absolute atomic E-state index is 0.191. The van der Waals surface area contributed by atoms with Crippen LogP contribution in [0.4, 0.5) is 5.69 Å². The Hall–Kier alpha value is -4.58. The number of pyridine rings is 1. The van der Waals surface area contributed by atoms with Crippen LogP contribution in [0.3, 0.4) is 0 Å². The maximum atomic E-state index is 12.4. The summed E-state index contributed by atoms with van der Waals surface area (Å²) >= 11 is 0. The van der Waals surface area contributed by atoms with Gasteiger partial charge in [-0.05, 0) is 60.2 Å². The third kappa shape index (κ3) is 4.34. The van der Waals surface area contributed by atoms with Crippen LogP contribution < -0.4 is 15.8 Å². The second kappa shape index (κ2) is 9.11. The summed E-state index contributed by atoms with van der Waals surface area (Å²) in [6.07, 6.45) is 3.27. The fourth-order valence-corrected chi connectivity index (χ4v) is 3.96. The molecule has 0 saturated heterocycles. The predicted molar refractivity (Wildman–Crippen MR) is 137 cm³/mol. The van der Waals surface area contributed by atoms with Crippen molar-refractivity contribution in [2.24, 2.45) is 0 Å². The molecule has 6 nitrogen and oxygen atoms in total. The van der Waals surface area contributed by atoms with Crippen LogP contribution in [0.2, 0.25) is 0 Å². The lowest BCUT2D eigenvalue weighted by atomic mass is 10.1. The first-order chi connectivity index (χ1) is 16.6. The van der Waals surface area contributed by atoms with Crippen molar-refractivity contribution in [3.63, 3.8) is 0 Å². The molecule has 2 aromatic heterocycles. The number of carbonyl (C=O) groups excluding carboxylic acids is 1. The predicted octanol–water partition coefficient (Wildman–Crippen LogP) is 5.30. The summed E-state index contributed by atoms with van der Waals surface area (Å²) in [5.74, 6) is 0.594. The molecule has 6 heteroatoms. The number of nitrogens with one attached hydrogen (secondary N) is 2. The lowest BCUT2D eigenvalue weighted by Gasteiger charge is -2.09. The van der Waals surface area contributed by atoms with Crippen LogP contribution in [-0.4, -0.2) is 23.0 Å². The van der Waals surface area contributed by atoms with Gasteiger partial charge in [0.25, 0.3) is 0 Å². The number of methoxy groups -OCH3 is 1. The van der Waals surface area contributed by atoms with Gasteiger partial charge in [-0.1, -0.05) is 30.3 Å². The number of ether oxygens (including phenoxy) is 1. The zero-order valence-electron chi connectivity index (χ0n) is 18.7. The van der Waals surface area contributed by atoms with Gasteiger partial charge >= 0.3 is 0 Å². The monoisotopic (exact) mass is 448 g/mol. The van der Waals surface area contributed by atoms with Crippen LogP contribution in [0, 0.1) is 0 Å². The van der Waals surface area contributed by atoms with Crippen LogP contribution in [0.1, 0.15) is 11.3 Å². The number of anilines is 1. The first-order valence-electron chi connectivity index (χ1n) is 11.0. The van der Waals surface area contributed by atoms with E-state index in [1.54, 1.807) is 25.3 Å². The number of rotatable bonds is 6. The van der Waals surface area contributed by atoms with Crippen LogP contribution >= 0.6 is 0 Å². The molecule has 2 heterocycles. The molecule has 5 rings (SSSR count). The smallest absolute Gasteiger partial charge is 0.244 e. The molecule has 0 atom stereocenters. The van der Waals surface area contributed by atoms with Crippen molar-refractivity contribution in [2.75, 3.05) is 12.8 Å². The Morgan fingerprint density at radius 1 is 1.03 bits per heavy atom. The SMILES string of the molecule is COc1ccc(-c2nc(CNC(=O)/C=C/c3ccc(N)cc3)cc3c2[nH]c2ccccc23)cc1. The summed E-state index contributed by atoms with van der Waals surface area (Å²) in [6, 6.07) is 25.4. The second-order valence-corrected chi connectivity index (χ2v) is 8.00.